The van der Waals surface area contributed by atoms with E-state index >= 15 is 0 Å². The second kappa shape index (κ2) is 11.2. The molecule has 7 aromatic carbocycles. The molecule has 0 atom stereocenters. The Kier molecular flexibility index (Phi) is 6.45. The summed E-state index contributed by atoms with van der Waals surface area (Å²) >= 11 is 1.85. The van der Waals surface area contributed by atoms with Crippen LogP contribution in [0.3, 0.4) is 0 Å². The predicted octanol–water partition coefficient (Wildman–Crippen LogP) is 12.0. The molecule has 0 N–H and O–H groups in total. The average Bonchev–Trinajstić information content (AvgIpc) is 3.64. The molecule has 3 nitrogen and oxygen atoms in total. The summed E-state index contributed by atoms with van der Waals surface area (Å²) in [6.07, 6.45) is 0. The van der Waals surface area contributed by atoms with Crippen molar-refractivity contribution in [2.45, 2.75) is 34.5 Å². The molecule has 53 heavy (non-hydrogen) atoms. The molecule has 2 aliphatic carbocycles. The Bertz CT molecular complexity index is 2760. The monoisotopic (exact) mass is 695 g/mol. The second-order valence-corrected chi connectivity index (χ2v) is 15.8. The molecular weight excluding hydrogens is 663 g/mol. The van der Waals surface area contributed by atoms with Crippen LogP contribution in [0.1, 0.15) is 47.2 Å². The summed E-state index contributed by atoms with van der Waals surface area (Å²) in [6, 6.07) is 59.4. The molecule has 2 heterocycles. The van der Waals surface area contributed by atoms with Crippen molar-refractivity contribution < 1.29 is 0 Å². The zero-order chi connectivity index (χ0) is 35.3. The molecule has 11 rings (SSSR count). The van der Waals surface area contributed by atoms with Crippen LogP contribution < -0.4 is 0 Å². The Hall–Kier alpha value is -6.10. The average molecular weight is 696 g/mol. The fourth-order valence-corrected chi connectivity index (χ4v) is 10.4. The van der Waals surface area contributed by atoms with E-state index in [0.717, 1.165) is 16.7 Å². The van der Waals surface area contributed by atoms with Gasteiger partial charge in [-0.2, -0.15) is 0 Å². The maximum Gasteiger partial charge on any atom is 0.164 e. The maximum absolute atomic E-state index is 5.29. The lowest BCUT2D eigenvalue weighted by atomic mass is 9.67. The van der Waals surface area contributed by atoms with Crippen molar-refractivity contribution in [1.29, 1.82) is 0 Å². The molecule has 0 fully saturated rings. The molecule has 0 saturated carbocycles. The maximum atomic E-state index is 5.29. The minimum absolute atomic E-state index is 0.130. The molecule has 1 aromatic heterocycles. The lowest BCUT2D eigenvalue weighted by molar-refractivity contribution is 0.660. The van der Waals surface area contributed by atoms with E-state index in [1.807, 2.05) is 30.0 Å². The third-order valence-electron chi connectivity index (χ3n) is 11.6. The van der Waals surface area contributed by atoms with Crippen molar-refractivity contribution in [2.24, 2.45) is 0 Å². The normalized spacial score (nSPS) is 14.8. The Morgan fingerprint density at radius 3 is 1.47 bits per heavy atom. The SMILES string of the molecule is CC1(C)c2ccccc2-c2ccc(-c3nc(-c4ccccc4)nc(-c4ccc5c(c4)C4(c6ccccc6S5)c5ccccc5-c5ccccc54)n3)cc21. The standard InChI is InChI=1S/C49H33N3S/c1-48(2)37-19-9-6-16-33(37)36-26-24-31(28-41(36)48)46-50-45(30-14-4-3-5-15-30)51-47(52-46)32-25-27-44-42(29-32)49(40-22-12-13-23-43(40)53-44)38-20-10-7-17-34(38)35-18-8-11-21-39(35)49/h3-29H,1-2H3. The van der Waals surface area contributed by atoms with Gasteiger partial charge in [-0.25, -0.2) is 15.0 Å². The van der Waals surface area contributed by atoms with E-state index in [1.54, 1.807) is 0 Å². The van der Waals surface area contributed by atoms with Gasteiger partial charge in [0.25, 0.3) is 0 Å². The summed E-state index contributed by atoms with van der Waals surface area (Å²) in [4.78, 5) is 18.2. The van der Waals surface area contributed by atoms with Crippen molar-refractivity contribution in [3.05, 3.63) is 197 Å². The third kappa shape index (κ3) is 4.27. The highest BCUT2D eigenvalue weighted by molar-refractivity contribution is 7.99. The van der Waals surface area contributed by atoms with E-state index in [0.29, 0.717) is 17.5 Å². The molecule has 8 aromatic rings. The van der Waals surface area contributed by atoms with Crippen molar-refractivity contribution in [3.8, 4) is 56.4 Å². The van der Waals surface area contributed by atoms with E-state index in [4.69, 9.17) is 15.0 Å². The molecule has 250 valence electrons. The van der Waals surface area contributed by atoms with Gasteiger partial charge in [-0.3, -0.25) is 0 Å². The van der Waals surface area contributed by atoms with Gasteiger partial charge in [-0.1, -0.05) is 165 Å². The summed E-state index contributed by atoms with van der Waals surface area (Å²) in [5, 5.41) is 0. The lowest BCUT2D eigenvalue weighted by Gasteiger charge is -2.39. The smallest absolute Gasteiger partial charge is 0.164 e. The molecule has 0 amide bonds. The van der Waals surface area contributed by atoms with Crippen LogP contribution in [0.15, 0.2) is 174 Å². The minimum Gasteiger partial charge on any atom is -0.208 e. The van der Waals surface area contributed by atoms with Crippen LogP contribution in [0.5, 0.6) is 0 Å². The van der Waals surface area contributed by atoms with Gasteiger partial charge in [-0.15, -0.1) is 0 Å². The van der Waals surface area contributed by atoms with E-state index in [1.165, 1.54) is 65.4 Å². The summed E-state index contributed by atoms with van der Waals surface area (Å²) < 4.78 is 0. The first kappa shape index (κ1) is 30.5. The van der Waals surface area contributed by atoms with Gasteiger partial charge in [0, 0.05) is 31.9 Å². The Balaban J connectivity index is 1.14. The number of rotatable bonds is 3. The molecular formula is C49H33N3S. The number of aromatic nitrogens is 3. The van der Waals surface area contributed by atoms with Crippen LogP contribution in [0.25, 0.3) is 56.4 Å². The van der Waals surface area contributed by atoms with Gasteiger partial charge < -0.3 is 0 Å². The fourth-order valence-electron chi connectivity index (χ4n) is 9.19. The Labute approximate surface area is 313 Å². The van der Waals surface area contributed by atoms with Gasteiger partial charge in [0.2, 0.25) is 0 Å². The van der Waals surface area contributed by atoms with E-state index in [9.17, 15) is 0 Å². The van der Waals surface area contributed by atoms with Gasteiger partial charge in [-0.05, 0) is 79.9 Å². The molecule has 0 bridgehead atoms. The highest BCUT2D eigenvalue weighted by atomic mass is 32.2. The second-order valence-electron chi connectivity index (χ2n) is 14.8. The van der Waals surface area contributed by atoms with E-state index in [-0.39, 0.29) is 5.41 Å². The number of hydrogen-bond acceptors (Lipinski definition) is 4. The van der Waals surface area contributed by atoms with Crippen molar-refractivity contribution >= 4 is 11.8 Å². The highest BCUT2D eigenvalue weighted by Gasteiger charge is 2.50. The number of benzene rings is 7. The molecule has 0 saturated heterocycles. The molecule has 1 aliphatic heterocycles. The van der Waals surface area contributed by atoms with Gasteiger partial charge in [0.15, 0.2) is 17.5 Å². The summed E-state index contributed by atoms with van der Waals surface area (Å²) in [5.41, 5.74) is 15.3. The molecule has 0 radical (unpaired) electrons. The van der Waals surface area contributed by atoms with E-state index in [2.05, 4.69) is 159 Å². The Morgan fingerprint density at radius 2 is 0.811 bits per heavy atom. The van der Waals surface area contributed by atoms with E-state index < -0.39 is 5.41 Å². The number of nitrogens with zero attached hydrogens (tertiary/aromatic N) is 3. The molecule has 1 spiro atoms. The topological polar surface area (TPSA) is 38.7 Å². The number of fused-ring (bicyclic) bond motifs is 12. The highest BCUT2D eigenvalue weighted by Crippen LogP contribution is 2.62. The third-order valence-corrected chi connectivity index (χ3v) is 12.8. The quantitative estimate of drug-likeness (QED) is 0.184. The first-order valence-electron chi connectivity index (χ1n) is 18.2. The van der Waals surface area contributed by atoms with Crippen molar-refractivity contribution in [1.82, 2.24) is 15.0 Å². The zero-order valence-corrected chi connectivity index (χ0v) is 30.2. The van der Waals surface area contributed by atoms with Crippen molar-refractivity contribution in [2.75, 3.05) is 0 Å². The van der Waals surface area contributed by atoms with Crippen LogP contribution in [0, 0.1) is 0 Å². The van der Waals surface area contributed by atoms with Crippen LogP contribution >= 0.6 is 11.8 Å². The van der Waals surface area contributed by atoms with Gasteiger partial charge in [0.05, 0.1) is 5.41 Å². The summed E-state index contributed by atoms with van der Waals surface area (Å²) in [7, 11) is 0. The summed E-state index contributed by atoms with van der Waals surface area (Å²) in [6.45, 7) is 4.63. The Morgan fingerprint density at radius 1 is 0.358 bits per heavy atom. The first-order chi connectivity index (χ1) is 26.0. The van der Waals surface area contributed by atoms with Crippen molar-refractivity contribution in [3.63, 3.8) is 0 Å². The van der Waals surface area contributed by atoms with Crippen LogP contribution in [0.4, 0.5) is 0 Å². The first-order valence-corrected chi connectivity index (χ1v) is 19.0. The lowest BCUT2D eigenvalue weighted by Crippen LogP contribution is -2.32. The van der Waals surface area contributed by atoms with Crippen LogP contribution in [0.2, 0.25) is 0 Å². The molecule has 4 heteroatoms. The molecule has 3 aliphatic rings. The van der Waals surface area contributed by atoms with Gasteiger partial charge in [0.1, 0.15) is 0 Å². The van der Waals surface area contributed by atoms with Crippen LogP contribution in [-0.4, -0.2) is 15.0 Å². The minimum atomic E-state index is -0.473. The van der Waals surface area contributed by atoms with Crippen LogP contribution in [-0.2, 0) is 10.8 Å². The fraction of sp³-hybridized carbons (Fsp3) is 0.0816. The number of hydrogen-bond donors (Lipinski definition) is 0. The molecule has 0 unspecified atom stereocenters. The summed E-state index contributed by atoms with van der Waals surface area (Å²) in [5.74, 6) is 2.00. The predicted molar refractivity (Wildman–Crippen MR) is 215 cm³/mol. The van der Waals surface area contributed by atoms with Gasteiger partial charge >= 0.3 is 0 Å². The zero-order valence-electron chi connectivity index (χ0n) is 29.3. The largest absolute Gasteiger partial charge is 0.208 e.